The molecule has 7 heteroatoms. The lowest BCUT2D eigenvalue weighted by atomic mass is 10.1. The highest BCUT2D eigenvalue weighted by molar-refractivity contribution is 6.04. The Kier molecular flexibility index (Phi) is 6.16. The van der Waals surface area contributed by atoms with Crippen LogP contribution in [0.25, 0.3) is 0 Å². The molecule has 0 saturated carbocycles. The summed E-state index contributed by atoms with van der Waals surface area (Å²) in [6, 6.07) is 14.2. The quantitative estimate of drug-likeness (QED) is 0.784. The zero-order valence-electron chi connectivity index (χ0n) is 16.8. The topological polar surface area (TPSA) is 87.7 Å². The molecule has 1 aliphatic heterocycles. The molecule has 3 rings (SSSR count). The number of hydrogen-bond donors (Lipinski definition) is 2. The summed E-state index contributed by atoms with van der Waals surface area (Å²) < 4.78 is 5.74. The molecule has 0 aliphatic carbocycles. The largest absolute Gasteiger partial charge is 0.489 e. The van der Waals surface area contributed by atoms with Gasteiger partial charge in [0.1, 0.15) is 5.75 Å². The molecular formula is C22H25N3O4. The molecule has 1 fully saturated rings. The molecule has 1 saturated heterocycles. The zero-order valence-corrected chi connectivity index (χ0v) is 16.8. The molecule has 2 aromatic carbocycles. The van der Waals surface area contributed by atoms with E-state index in [9.17, 15) is 14.4 Å². The van der Waals surface area contributed by atoms with Crippen molar-refractivity contribution in [3.8, 4) is 5.75 Å². The second kappa shape index (κ2) is 8.77. The lowest BCUT2D eigenvalue weighted by molar-refractivity contribution is -0.122. The van der Waals surface area contributed by atoms with E-state index in [2.05, 4.69) is 10.6 Å². The van der Waals surface area contributed by atoms with E-state index in [1.807, 2.05) is 26.0 Å². The SMILES string of the molecule is CC(=O)Nc1ccc(N2CC(C(=O)Nc3ccccc3OC(C)C)CC2=O)cc1. The molecule has 1 atom stereocenters. The van der Waals surface area contributed by atoms with Gasteiger partial charge in [-0.15, -0.1) is 0 Å². The van der Waals surface area contributed by atoms with Crippen molar-refractivity contribution in [1.82, 2.24) is 0 Å². The fourth-order valence-electron chi connectivity index (χ4n) is 3.22. The Morgan fingerprint density at radius 1 is 1.07 bits per heavy atom. The summed E-state index contributed by atoms with van der Waals surface area (Å²) in [5, 5.41) is 5.58. The maximum atomic E-state index is 12.8. The minimum absolute atomic E-state index is 0.0166. The first-order valence-corrected chi connectivity index (χ1v) is 9.58. The molecule has 2 N–H and O–H groups in total. The van der Waals surface area contributed by atoms with Gasteiger partial charge in [-0.25, -0.2) is 0 Å². The van der Waals surface area contributed by atoms with Crippen LogP contribution in [0.1, 0.15) is 27.2 Å². The Hall–Kier alpha value is -3.35. The summed E-state index contributed by atoms with van der Waals surface area (Å²) >= 11 is 0. The molecular weight excluding hydrogens is 370 g/mol. The van der Waals surface area contributed by atoms with Crippen LogP contribution in [0.2, 0.25) is 0 Å². The van der Waals surface area contributed by atoms with Gasteiger partial charge in [0.05, 0.1) is 17.7 Å². The van der Waals surface area contributed by atoms with E-state index >= 15 is 0 Å². The lowest BCUT2D eigenvalue weighted by Gasteiger charge is -2.18. The van der Waals surface area contributed by atoms with Crippen LogP contribution in [0.15, 0.2) is 48.5 Å². The molecule has 3 amide bonds. The van der Waals surface area contributed by atoms with Crippen molar-refractivity contribution in [3.63, 3.8) is 0 Å². The fourth-order valence-corrected chi connectivity index (χ4v) is 3.22. The molecule has 1 heterocycles. The Morgan fingerprint density at radius 3 is 2.41 bits per heavy atom. The third-order valence-electron chi connectivity index (χ3n) is 4.50. The van der Waals surface area contributed by atoms with E-state index < -0.39 is 5.92 Å². The van der Waals surface area contributed by atoms with Gasteiger partial charge in [-0.05, 0) is 50.2 Å². The number of nitrogens with one attached hydrogen (secondary N) is 2. The molecule has 2 aromatic rings. The van der Waals surface area contributed by atoms with Crippen LogP contribution in [0.5, 0.6) is 5.75 Å². The predicted octanol–water partition coefficient (Wildman–Crippen LogP) is 3.42. The number of nitrogens with zero attached hydrogens (tertiary/aromatic N) is 1. The molecule has 0 aromatic heterocycles. The van der Waals surface area contributed by atoms with Crippen molar-refractivity contribution < 1.29 is 19.1 Å². The number of carbonyl (C=O) groups is 3. The highest BCUT2D eigenvalue weighted by atomic mass is 16.5. The molecule has 1 unspecified atom stereocenters. The molecule has 0 bridgehead atoms. The van der Waals surface area contributed by atoms with Crippen molar-refractivity contribution in [1.29, 1.82) is 0 Å². The lowest BCUT2D eigenvalue weighted by Crippen LogP contribution is -2.28. The van der Waals surface area contributed by atoms with Crippen molar-refractivity contribution in [2.45, 2.75) is 33.3 Å². The van der Waals surface area contributed by atoms with Crippen LogP contribution in [0, 0.1) is 5.92 Å². The van der Waals surface area contributed by atoms with Crippen molar-refractivity contribution in [2.24, 2.45) is 5.92 Å². The summed E-state index contributed by atoms with van der Waals surface area (Å²) in [5.41, 5.74) is 1.95. The minimum atomic E-state index is -0.454. The van der Waals surface area contributed by atoms with Crippen LogP contribution < -0.4 is 20.3 Å². The van der Waals surface area contributed by atoms with E-state index in [0.717, 1.165) is 0 Å². The Balaban J connectivity index is 1.67. The second-order valence-corrected chi connectivity index (χ2v) is 7.29. The molecule has 152 valence electrons. The summed E-state index contributed by atoms with van der Waals surface area (Å²) in [5.74, 6) is -0.330. The van der Waals surface area contributed by atoms with Gasteiger partial charge in [0.2, 0.25) is 17.7 Å². The molecule has 0 spiro atoms. The number of anilines is 3. The van der Waals surface area contributed by atoms with Gasteiger partial charge >= 0.3 is 0 Å². The minimum Gasteiger partial charge on any atom is -0.489 e. The monoisotopic (exact) mass is 395 g/mol. The van der Waals surface area contributed by atoms with Crippen molar-refractivity contribution >= 4 is 34.8 Å². The molecule has 7 nitrogen and oxygen atoms in total. The van der Waals surface area contributed by atoms with Gasteiger partial charge in [-0.1, -0.05) is 12.1 Å². The average Bonchev–Trinajstić information content (AvgIpc) is 3.05. The van der Waals surface area contributed by atoms with Crippen LogP contribution in [-0.4, -0.2) is 30.4 Å². The standard InChI is InChI=1S/C22H25N3O4/c1-14(2)29-20-7-5-4-6-19(20)24-22(28)16-12-21(27)25(13-16)18-10-8-17(9-11-18)23-15(3)26/h4-11,14,16H,12-13H2,1-3H3,(H,23,26)(H,24,28). The summed E-state index contributed by atoms with van der Waals surface area (Å²) in [7, 11) is 0. The first-order valence-electron chi connectivity index (χ1n) is 9.58. The smallest absolute Gasteiger partial charge is 0.229 e. The summed E-state index contributed by atoms with van der Waals surface area (Å²) in [4.78, 5) is 37.9. The predicted molar refractivity (Wildman–Crippen MR) is 112 cm³/mol. The average molecular weight is 395 g/mol. The van der Waals surface area contributed by atoms with Crippen LogP contribution in [0.3, 0.4) is 0 Å². The van der Waals surface area contributed by atoms with Gasteiger partial charge in [0, 0.05) is 31.3 Å². The number of para-hydroxylation sites is 2. The van der Waals surface area contributed by atoms with Gasteiger partial charge in [-0.3, -0.25) is 14.4 Å². The zero-order chi connectivity index (χ0) is 21.0. The number of hydrogen-bond acceptors (Lipinski definition) is 4. The van der Waals surface area contributed by atoms with Crippen molar-refractivity contribution in [2.75, 3.05) is 22.1 Å². The molecule has 1 aliphatic rings. The summed E-state index contributed by atoms with van der Waals surface area (Å²) in [6.07, 6.45) is 0.129. The van der Waals surface area contributed by atoms with Crippen molar-refractivity contribution in [3.05, 3.63) is 48.5 Å². The van der Waals surface area contributed by atoms with E-state index in [1.54, 1.807) is 41.3 Å². The third-order valence-corrected chi connectivity index (χ3v) is 4.50. The number of benzene rings is 2. The number of rotatable bonds is 6. The van der Waals surface area contributed by atoms with Gasteiger partial charge in [-0.2, -0.15) is 0 Å². The Morgan fingerprint density at radius 2 is 1.76 bits per heavy atom. The number of amides is 3. The highest BCUT2D eigenvalue weighted by Gasteiger charge is 2.35. The second-order valence-electron chi connectivity index (χ2n) is 7.29. The first kappa shape index (κ1) is 20.4. The normalized spacial score (nSPS) is 16.1. The first-order chi connectivity index (χ1) is 13.8. The van der Waals surface area contributed by atoms with Crippen LogP contribution in [-0.2, 0) is 14.4 Å². The van der Waals surface area contributed by atoms with Gasteiger partial charge in [0.25, 0.3) is 0 Å². The summed E-state index contributed by atoms with van der Waals surface area (Å²) in [6.45, 7) is 5.58. The fraction of sp³-hybridized carbons (Fsp3) is 0.318. The van der Waals surface area contributed by atoms with E-state index in [-0.39, 0.29) is 30.2 Å². The van der Waals surface area contributed by atoms with Crippen LogP contribution >= 0.6 is 0 Å². The van der Waals surface area contributed by atoms with E-state index in [1.165, 1.54) is 6.92 Å². The third kappa shape index (κ3) is 5.13. The molecule has 0 radical (unpaired) electrons. The van der Waals surface area contributed by atoms with Gasteiger partial charge < -0.3 is 20.3 Å². The maximum Gasteiger partial charge on any atom is 0.229 e. The van der Waals surface area contributed by atoms with Gasteiger partial charge in [0.15, 0.2) is 0 Å². The molecule has 29 heavy (non-hydrogen) atoms. The highest BCUT2D eigenvalue weighted by Crippen LogP contribution is 2.29. The Bertz CT molecular complexity index is 909. The number of carbonyl (C=O) groups excluding carboxylic acids is 3. The Labute approximate surface area is 170 Å². The maximum absolute atomic E-state index is 12.8. The van der Waals surface area contributed by atoms with E-state index in [0.29, 0.717) is 29.4 Å². The number of ether oxygens (including phenoxy) is 1. The van der Waals surface area contributed by atoms with E-state index in [4.69, 9.17) is 4.74 Å². The van der Waals surface area contributed by atoms with Crippen LogP contribution in [0.4, 0.5) is 17.1 Å².